The molecule has 3 aliphatic rings. The number of rotatable bonds is 0. The van der Waals surface area contributed by atoms with Crippen LogP contribution in [0, 0.1) is 0 Å². The van der Waals surface area contributed by atoms with Gasteiger partial charge in [-0.1, -0.05) is 48.6 Å². The lowest BCUT2D eigenvalue weighted by atomic mass is 9.78. The highest BCUT2D eigenvalue weighted by atomic mass is 16.4. The van der Waals surface area contributed by atoms with Crippen LogP contribution in [0.4, 0.5) is 4.79 Å². The molecule has 0 saturated carbocycles. The van der Waals surface area contributed by atoms with E-state index in [0.29, 0.717) is 11.9 Å². The summed E-state index contributed by atoms with van der Waals surface area (Å²) in [6.45, 7) is 0. The minimum absolute atomic E-state index is 0.262. The third kappa shape index (κ3) is 3.42. The Morgan fingerprint density at radius 2 is 2.00 bits per heavy atom. The smallest absolute Gasteiger partial charge is 0.415 e. The van der Waals surface area contributed by atoms with E-state index < -0.39 is 6.09 Å². The number of aromatic nitrogens is 3. The van der Waals surface area contributed by atoms with Crippen molar-refractivity contribution in [3.63, 3.8) is 0 Å². The second-order valence-electron chi connectivity index (χ2n) is 7.54. The number of carbonyl (C=O) groups is 2. The average Bonchev–Trinajstić information content (AvgIpc) is 3.24. The molecular weight excluding hydrogens is 390 g/mol. The normalized spacial score (nSPS) is 15.8. The van der Waals surface area contributed by atoms with Crippen molar-refractivity contribution in [2.24, 2.45) is 0 Å². The van der Waals surface area contributed by atoms with Crippen molar-refractivity contribution >= 4 is 34.4 Å². The molecule has 0 unspecified atom stereocenters. The van der Waals surface area contributed by atoms with Gasteiger partial charge in [0.2, 0.25) is 0 Å². The molecule has 3 aliphatic carbocycles. The van der Waals surface area contributed by atoms with Gasteiger partial charge in [0.05, 0.1) is 5.52 Å². The minimum Gasteiger partial charge on any atom is -0.464 e. The summed E-state index contributed by atoms with van der Waals surface area (Å²) in [6.07, 6.45) is 20.1. The van der Waals surface area contributed by atoms with Crippen LogP contribution in [0.1, 0.15) is 39.9 Å². The van der Waals surface area contributed by atoms with Gasteiger partial charge in [-0.2, -0.15) is 0 Å². The van der Waals surface area contributed by atoms with E-state index in [1.807, 2.05) is 6.08 Å². The predicted octanol–water partition coefficient (Wildman–Crippen LogP) is 5.07. The number of carbonyl (C=O) groups excluding carboxylic acids is 1. The molecule has 152 valence electrons. The summed E-state index contributed by atoms with van der Waals surface area (Å²) in [5.41, 5.74) is 7.83. The highest BCUT2D eigenvalue weighted by Gasteiger charge is 2.24. The van der Waals surface area contributed by atoms with Gasteiger partial charge in [0.1, 0.15) is 6.33 Å². The molecule has 0 saturated heterocycles. The van der Waals surface area contributed by atoms with Crippen LogP contribution in [0.2, 0.25) is 0 Å². The molecule has 0 atom stereocenters. The van der Waals surface area contributed by atoms with E-state index >= 15 is 0 Å². The molecule has 3 aromatic rings. The Kier molecular flexibility index (Phi) is 4.67. The van der Waals surface area contributed by atoms with Gasteiger partial charge in [0, 0.05) is 36.0 Å². The number of carboxylic acid groups (broad SMARTS) is 1. The van der Waals surface area contributed by atoms with Crippen LogP contribution < -0.4 is 0 Å². The molecule has 0 radical (unpaired) electrons. The maximum Gasteiger partial charge on any atom is 0.415 e. The largest absolute Gasteiger partial charge is 0.464 e. The Balaban J connectivity index is 0.000000147. The zero-order valence-electron chi connectivity index (χ0n) is 16.7. The standard InChI is InChI=1S/C18H14O.C7H5N3O2/c19-17-7-3-5-13-9-10-15-14-6-2-1-4-12(14)8-11-16(15)18(13)17;11-7(12)10-2-5-1-8-4-9-6(5)3-10/h1-3,5-6,8-10H,4,7,11H2;1-4H,(H,11,12). The van der Waals surface area contributed by atoms with Crippen LogP contribution in [0.3, 0.4) is 0 Å². The number of fused-ring (bicyclic) bond motifs is 6. The molecule has 0 bridgehead atoms. The van der Waals surface area contributed by atoms with Crippen molar-refractivity contribution in [1.82, 2.24) is 14.5 Å². The quantitative estimate of drug-likeness (QED) is 0.560. The summed E-state index contributed by atoms with van der Waals surface area (Å²) in [5.74, 6) is 0.262. The minimum atomic E-state index is -1.02. The van der Waals surface area contributed by atoms with E-state index in [0.717, 1.165) is 33.9 Å². The topological polar surface area (TPSA) is 85.1 Å². The van der Waals surface area contributed by atoms with Crippen LogP contribution >= 0.6 is 0 Å². The summed E-state index contributed by atoms with van der Waals surface area (Å²) in [6, 6.07) is 4.26. The number of hydrogen-bond acceptors (Lipinski definition) is 4. The number of ketones is 1. The number of Topliss-reactive ketones (excluding diaryl/α,β-unsaturated/α-hetero) is 1. The maximum atomic E-state index is 12.2. The molecule has 6 rings (SSSR count). The maximum absolute atomic E-state index is 12.2. The van der Waals surface area contributed by atoms with Crippen molar-refractivity contribution in [3.05, 3.63) is 95.3 Å². The van der Waals surface area contributed by atoms with E-state index in [9.17, 15) is 9.59 Å². The molecule has 0 fully saturated rings. The van der Waals surface area contributed by atoms with E-state index in [2.05, 4.69) is 52.5 Å². The van der Waals surface area contributed by atoms with E-state index in [1.165, 1.54) is 41.0 Å². The summed E-state index contributed by atoms with van der Waals surface area (Å²) in [5, 5.41) is 9.32. The molecule has 2 heterocycles. The van der Waals surface area contributed by atoms with Gasteiger partial charge >= 0.3 is 6.09 Å². The monoisotopic (exact) mass is 409 g/mol. The first kappa shape index (κ1) is 18.9. The van der Waals surface area contributed by atoms with Gasteiger partial charge in [-0.05, 0) is 40.7 Å². The first-order valence-corrected chi connectivity index (χ1v) is 10.0. The lowest BCUT2D eigenvalue weighted by molar-refractivity contribution is 0.0993. The Morgan fingerprint density at radius 1 is 1.10 bits per heavy atom. The lowest BCUT2D eigenvalue weighted by Gasteiger charge is -2.25. The highest BCUT2D eigenvalue weighted by molar-refractivity contribution is 6.06. The summed E-state index contributed by atoms with van der Waals surface area (Å²) in [7, 11) is 0. The average molecular weight is 409 g/mol. The van der Waals surface area contributed by atoms with E-state index in [4.69, 9.17) is 5.11 Å². The second-order valence-corrected chi connectivity index (χ2v) is 7.54. The Bertz CT molecular complexity index is 1320. The van der Waals surface area contributed by atoms with Crippen molar-refractivity contribution in [2.75, 3.05) is 0 Å². The fraction of sp³-hybridized carbons (Fsp3) is 0.120. The molecule has 6 heteroatoms. The molecule has 1 N–H and O–H groups in total. The van der Waals surface area contributed by atoms with Crippen molar-refractivity contribution in [3.8, 4) is 0 Å². The fourth-order valence-electron chi connectivity index (χ4n) is 4.24. The number of benzene rings is 1. The predicted molar refractivity (Wildman–Crippen MR) is 119 cm³/mol. The van der Waals surface area contributed by atoms with Gasteiger partial charge in [0.15, 0.2) is 5.78 Å². The number of allylic oxidation sites excluding steroid dienone is 7. The fourth-order valence-corrected chi connectivity index (χ4v) is 4.24. The summed E-state index contributed by atoms with van der Waals surface area (Å²) < 4.78 is 1.05. The zero-order chi connectivity index (χ0) is 21.4. The van der Waals surface area contributed by atoms with Crippen LogP contribution in [0.25, 0.3) is 22.6 Å². The van der Waals surface area contributed by atoms with Crippen LogP contribution in [0.15, 0.2) is 73.0 Å². The molecule has 2 aromatic heterocycles. The summed E-state index contributed by atoms with van der Waals surface area (Å²) in [4.78, 5) is 30.4. The third-order valence-electron chi connectivity index (χ3n) is 5.68. The van der Waals surface area contributed by atoms with Crippen LogP contribution in [-0.4, -0.2) is 31.5 Å². The first-order chi connectivity index (χ1) is 15.1. The van der Waals surface area contributed by atoms with Gasteiger partial charge in [-0.3, -0.25) is 9.36 Å². The van der Waals surface area contributed by atoms with Gasteiger partial charge in [0.25, 0.3) is 0 Å². The SMILES string of the molecule is O=C(O)n1cc2cncnc2c1.O=C1CC=Cc2ccc3c(c21)CC=C1CC=CC=C13. The molecule has 0 amide bonds. The Hall–Kier alpha value is -4.06. The van der Waals surface area contributed by atoms with Gasteiger partial charge < -0.3 is 5.11 Å². The molecule has 1 aromatic carbocycles. The first-order valence-electron chi connectivity index (χ1n) is 10.0. The van der Waals surface area contributed by atoms with Gasteiger partial charge in [-0.15, -0.1) is 0 Å². The van der Waals surface area contributed by atoms with Gasteiger partial charge in [-0.25, -0.2) is 14.8 Å². The zero-order valence-corrected chi connectivity index (χ0v) is 16.7. The molecular formula is C25H19N3O3. The van der Waals surface area contributed by atoms with E-state index in [-0.39, 0.29) is 5.78 Å². The molecule has 6 nitrogen and oxygen atoms in total. The molecule has 0 spiro atoms. The lowest BCUT2D eigenvalue weighted by Crippen LogP contribution is -2.14. The Morgan fingerprint density at radius 3 is 2.84 bits per heavy atom. The molecule has 0 aliphatic heterocycles. The van der Waals surface area contributed by atoms with E-state index in [1.54, 1.807) is 6.20 Å². The van der Waals surface area contributed by atoms with Crippen LogP contribution in [0.5, 0.6) is 0 Å². The third-order valence-corrected chi connectivity index (χ3v) is 5.68. The molecule has 31 heavy (non-hydrogen) atoms. The van der Waals surface area contributed by atoms with Crippen molar-refractivity contribution < 1.29 is 14.7 Å². The second kappa shape index (κ2) is 7.65. The Labute approximate surface area is 178 Å². The summed E-state index contributed by atoms with van der Waals surface area (Å²) >= 11 is 0. The number of hydrogen-bond donors (Lipinski definition) is 1. The van der Waals surface area contributed by atoms with Crippen molar-refractivity contribution in [1.29, 1.82) is 0 Å². The van der Waals surface area contributed by atoms with Crippen molar-refractivity contribution in [2.45, 2.75) is 19.3 Å². The van der Waals surface area contributed by atoms with Crippen LogP contribution in [-0.2, 0) is 6.42 Å². The number of nitrogens with zero attached hydrogens (tertiary/aromatic N) is 3. The highest BCUT2D eigenvalue weighted by Crippen LogP contribution is 2.39.